The molecule has 3 rings (SSSR count). The lowest BCUT2D eigenvalue weighted by molar-refractivity contribution is -0.138. The number of benzene rings is 1. The molecule has 0 aliphatic heterocycles. The van der Waals surface area contributed by atoms with Gasteiger partial charge in [-0.3, -0.25) is 4.79 Å². The molecule has 0 bridgehead atoms. The van der Waals surface area contributed by atoms with E-state index in [1.165, 1.54) is 17.2 Å². The van der Waals surface area contributed by atoms with Crippen LogP contribution in [0.25, 0.3) is 0 Å². The molecule has 156 valence electrons. The number of carbonyl (C=O) groups is 2. The van der Waals surface area contributed by atoms with E-state index < -0.39 is 5.97 Å². The highest BCUT2D eigenvalue weighted by Gasteiger charge is 2.18. The summed E-state index contributed by atoms with van der Waals surface area (Å²) in [6, 6.07) is 9.93. The average molecular weight is 404 g/mol. The molecule has 0 fully saturated rings. The van der Waals surface area contributed by atoms with E-state index in [0.29, 0.717) is 31.4 Å². The predicted octanol–water partition coefficient (Wildman–Crippen LogP) is 4.89. The first-order valence-corrected chi connectivity index (χ1v) is 10.6. The zero-order valence-corrected chi connectivity index (χ0v) is 17.5. The van der Waals surface area contributed by atoms with Crippen molar-refractivity contribution in [1.82, 2.24) is 0 Å². The van der Waals surface area contributed by atoms with Crippen LogP contribution in [-0.4, -0.2) is 18.4 Å². The Morgan fingerprint density at radius 3 is 2.27 bits per heavy atom. The maximum Gasteiger partial charge on any atom is 0.334 e. The van der Waals surface area contributed by atoms with Gasteiger partial charge in [0.25, 0.3) is 0 Å². The van der Waals surface area contributed by atoms with Crippen LogP contribution in [0.3, 0.4) is 0 Å². The summed E-state index contributed by atoms with van der Waals surface area (Å²) in [5.74, 6) is -0.519. The number of ketones is 1. The fourth-order valence-corrected chi connectivity index (χ4v) is 3.66. The summed E-state index contributed by atoms with van der Waals surface area (Å²) in [5, 5.41) is 0. The number of rotatable bonds is 8. The molecule has 4 nitrogen and oxygen atoms in total. The van der Waals surface area contributed by atoms with Crippen LogP contribution in [-0.2, 0) is 20.7 Å². The molecule has 0 saturated carbocycles. The first-order valence-electron chi connectivity index (χ1n) is 10.6. The number of aryl methyl sites for hydroxylation is 1. The second-order valence-corrected chi connectivity index (χ2v) is 7.56. The topological polar surface area (TPSA) is 69.4 Å². The fraction of sp³-hybridized carbons (Fsp3) is 0.308. The predicted molar refractivity (Wildman–Crippen MR) is 119 cm³/mol. The maximum absolute atomic E-state index is 12.8. The van der Waals surface area contributed by atoms with Gasteiger partial charge in [-0.1, -0.05) is 48.6 Å². The monoisotopic (exact) mass is 403 g/mol. The minimum atomic E-state index is -0.411. The normalized spacial score (nSPS) is 16.8. The number of hydrogen-bond acceptors (Lipinski definition) is 4. The van der Waals surface area contributed by atoms with Gasteiger partial charge in [0, 0.05) is 11.3 Å². The third-order valence-corrected chi connectivity index (χ3v) is 5.43. The molecule has 0 saturated heterocycles. The molecule has 2 N–H and O–H groups in total. The lowest BCUT2D eigenvalue weighted by atomic mass is 9.87. The molecule has 0 aromatic heterocycles. The van der Waals surface area contributed by atoms with E-state index in [4.69, 9.17) is 10.5 Å². The number of carbonyl (C=O) groups excluding carboxylic acids is 2. The van der Waals surface area contributed by atoms with Crippen molar-refractivity contribution in [3.8, 4) is 0 Å². The summed E-state index contributed by atoms with van der Waals surface area (Å²) in [5.41, 5.74) is 11.6. The van der Waals surface area contributed by atoms with E-state index in [-0.39, 0.29) is 5.78 Å². The van der Waals surface area contributed by atoms with Crippen molar-refractivity contribution < 1.29 is 14.3 Å². The van der Waals surface area contributed by atoms with E-state index in [2.05, 4.69) is 6.08 Å². The Bertz CT molecular complexity index is 946. The summed E-state index contributed by atoms with van der Waals surface area (Å²) >= 11 is 0. The van der Waals surface area contributed by atoms with Crippen molar-refractivity contribution >= 4 is 11.8 Å². The zero-order chi connectivity index (χ0) is 21.3. The van der Waals surface area contributed by atoms with Crippen LogP contribution in [0, 0.1) is 0 Å². The Morgan fingerprint density at radius 1 is 0.967 bits per heavy atom. The number of allylic oxidation sites excluding steroid dienone is 9. The lowest BCUT2D eigenvalue weighted by Gasteiger charge is -2.18. The Kier molecular flexibility index (Phi) is 7.61. The van der Waals surface area contributed by atoms with Gasteiger partial charge in [0.15, 0.2) is 5.78 Å². The van der Waals surface area contributed by atoms with E-state index in [1.807, 2.05) is 48.6 Å². The van der Waals surface area contributed by atoms with E-state index in [0.717, 1.165) is 36.1 Å². The maximum atomic E-state index is 12.8. The molecule has 0 heterocycles. The molecule has 2 aliphatic rings. The Hall–Kier alpha value is -3.14. The van der Waals surface area contributed by atoms with Crippen LogP contribution < -0.4 is 5.73 Å². The quantitative estimate of drug-likeness (QED) is 0.496. The summed E-state index contributed by atoms with van der Waals surface area (Å²) in [6.45, 7) is 2.06. The van der Waals surface area contributed by atoms with E-state index in [1.54, 1.807) is 6.92 Å². The average Bonchev–Trinajstić information content (AvgIpc) is 2.78. The highest BCUT2D eigenvalue weighted by molar-refractivity contribution is 6.08. The largest absolute Gasteiger partial charge is 0.463 e. The minimum absolute atomic E-state index is 0.108. The van der Waals surface area contributed by atoms with Crippen LogP contribution in [0.1, 0.15) is 44.6 Å². The van der Waals surface area contributed by atoms with Crippen molar-refractivity contribution in [1.29, 1.82) is 0 Å². The minimum Gasteiger partial charge on any atom is -0.463 e. The third kappa shape index (κ3) is 5.93. The number of hydrogen-bond donors (Lipinski definition) is 1. The van der Waals surface area contributed by atoms with Gasteiger partial charge >= 0.3 is 5.97 Å². The van der Waals surface area contributed by atoms with Gasteiger partial charge < -0.3 is 10.5 Å². The van der Waals surface area contributed by atoms with Gasteiger partial charge in [-0.25, -0.2) is 4.79 Å². The molecule has 0 amide bonds. The molecule has 1 aromatic rings. The summed E-state index contributed by atoms with van der Waals surface area (Å²) in [7, 11) is 0. The van der Waals surface area contributed by atoms with Gasteiger partial charge in [0.05, 0.1) is 6.61 Å². The summed E-state index contributed by atoms with van der Waals surface area (Å²) < 4.78 is 5.17. The summed E-state index contributed by atoms with van der Waals surface area (Å²) in [6.07, 6.45) is 13.9. The smallest absolute Gasteiger partial charge is 0.334 e. The molecule has 0 unspecified atom stereocenters. The highest BCUT2D eigenvalue weighted by atomic mass is 16.5. The van der Waals surface area contributed by atoms with E-state index >= 15 is 0 Å². The SMILES string of the molecule is CCOC(=O)/C(=C\C(=O)C1=CC=C(C2=CC=C(N)CC2)CC1)CCc1ccccc1. The first kappa shape index (κ1) is 21.6. The molecule has 0 atom stereocenters. The van der Waals surface area contributed by atoms with Gasteiger partial charge in [0.2, 0.25) is 0 Å². The van der Waals surface area contributed by atoms with E-state index in [9.17, 15) is 9.59 Å². The molecule has 1 aromatic carbocycles. The number of esters is 1. The van der Waals surface area contributed by atoms with Crippen molar-refractivity contribution in [3.63, 3.8) is 0 Å². The van der Waals surface area contributed by atoms with Crippen LogP contribution in [0.4, 0.5) is 0 Å². The van der Waals surface area contributed by atoms with Crippen molar-refractivity contribution in [2.24, 2.45) is 5.73 Å². The molecule has 0 radical (unpaired) electrons. The van der Waals surface area contributed by atoms with Crippen molar-refractivity contribution in [2.75, 3.05) is 6.61 Å². The van der Waals surface area contributed by atoms with Gasteiger partial charge in [-0.2, -0.15) is 0 Å². The Labute approximate surface area is 178 Å². The number of ether oxygens (including phenoxy) is 1. The Morgan fingerprint density at radius 2 is 1.67 bits per heavy atom. The summed E-state index contributed by atoms with van der Waals surface area (Å²) in [4.78, 5) is 25.2. The Balaban J connectivity index is 1.72. The van der Waals surface area contributed by atoms with Crippen LogP contribution >= 0.6 is 0 Å². The van der Waals surface area contributed by atoms with Gasteiger partial charge in [0.1, 0.15) is 0 Å². The standard InChI is InChI=1S/C26H29NO3/c1-2-30-26(29)23(9-8-19-6-4-3-5-7-19)18-25(28)22-12-10-20(11-13-22)21-14-16-24(27)17-15-21/h3-7,10,12,14,16,18H,2,8-9,11,13,15,17,27H2,1H3/b23-18-. The van der Waals surface area contributed by atoms with Gasteiger partial charge in [-0.15, -0.1) is 0 Å². The highest BCUT2D eigenvalue weighted by Crippen LogP contribution is 2.30. The van der Waals surface area contributed by atoms with Crippen LogP contribution in [0.2, 0.25) is 0 Å². The molecular weight excluding hydrogens is 374 g/mol. The zero-order valence-electron chi connectivity index (χ0n) is 17.5. The molecular formula is C26H29NO3. The molecule has 0 spiro atoms. The second-order valence-electron chi connectivity index (χ2n) is 7.56. The fourth-order valence-electron chi connectivity index (χ4n) is 3.66. The van der Waals surface area contributed by atoms with Crippen LogP contribution in [0.15, 0.2) is 88.7 Å². The first-order chi connectivity index (χ1) is 14.6. The molecule has 4 heteroatoms. The molecule has 2 aliphatic carbocycles. The van der Waals surface area contributed by atoms with Crippen molar-refractivity contribution in [3.05, 3.63) is 94.3 Å². The third-order valence-electron chi connectivity index (χ3n) is 5.43. The van der Waals surface area contributed by atoms with Crippen LogP contribution in [0.5, 0.6) is 0 Å². The van der Waals surface area contributed by atoms with Gasteiger partial charge in [-0.05, 0) is 79.9 Å². The molecule has 30 heavy (non-hydrogen) atoms. The lowest BCUT2D eigenvalue weighted by Crippen LogP contribution is -2.12. The number of nitrogens with two attached hydrogens (primary N) is 1. The second kappa shape index (κ2) is 10.6. The van der Waals surface area contributed by atoms with Crippen molar-refractivity contribution in [2.45, 2.75) is 45.4 Å².